The lowest BCUT2D eigenvalue weighted by molar-refractivity contribution is -0.137. The Hall–Kier alpha value is -4.15. The summed E-state index contributed by atoms with van der Waals surface area (Å²) in [5.41, 5.74) is -0.734. The normalized spacial score (nSPS) is 11.5. The van der Waals surface area contributed by atoms with E-state index in [-0.39, 0.29) is 35.0 Å². The highest BCUT2D eigenvalue weighted by molar-refractivity contribution is 5.90. The fourth-order valence-electron chi connectivity index (χ4n) is 2.99. The zero-order chi connectivity index (χ0) is 22.9. The van der Waals surface area contributed by atoms with Gasteiger partial charge < -0.3 is 9.47 Å². The van der Waals surface area contributed by atoms with Crippen LogP contribution in [0.15, 0.2) is 65.7 Å². The first-order chi connectivity index (χ1) is 15.3. The lowest BCUT2D eigenvalue weighted by Crippen LogP contribution is -2.16. The van der Waals surface area contributed by atoms with Crippen LogP contribution in [0.1, 0.15) is 21.7 Å². The van der Waals surface area contributed by atoms with E-state index in [1.165, 1.54) is 35.9 Å². The number of carbonyl (C=O) groups is 1. The molecule has 0 atom stereocenters. The number of methoxy groups -OCH3 is 1. The zero-order valence-electron chi connectivity index (χ0n) is 16.5. The maximum absolute atomic E-state index is 13.0. The second kappa shape index (κ2) is 8.17. The summed E-state index contributed by atoms with van der Waals surface area (Å²) in [6.07, 6.45) is -1.70. The first-order valence-corrected chi connectivity index (χ1v) is 9.22. The molecule has 0 unspecified atom stereocenters. The maximum atomic E-state index is 13.0. The van der Waals surface area contributed by atoms with Gasteiger partial charge in [0, 0.05) is 12.3 Å². The Morgan fingerprint density at radius 2 is 1.94 bits per heavy atom. The number of rotatable bonds is 5. The Balaban J connectivity index is 1.57. The van der Waals surface area contributed by atoms with Crippen molar-refractivity contribution in [3.63, 3.8) is 0 Å². The molecular formula is C21H15F3N4O4. The molecule has 0 saturated heterocycles. The van der Waals surface area contributed by atoms with Crippen LogP contribution in [-0.4, -0.2) is 32.2 Å². The van der Waals surface area contributed by atoms with Crippen molar-refractivity contribution in [1.29, 1.82) is 0 Å². The first kappa shape index (κ1) is 21.1. The number of hydrogen-bond donors (Lipinski definition) is 0. The molecule has 0 fully saturated rings. The summed E-state index contributed by atoms with van der Waals surface area (Å²) in [7, 11) is 1.29. The number of aromatic nitrogens is 4. The average molecular weight is 444 g/mol. The van der Waals surface area contributed by atoms with Gasteiger partial charge in [0.15, 0.2) is 5.75 Å². The van der Waals surface area contributed by atoms with E-state index >= 15 is 0 Å². The Morgan fingerprint density at radius 3 is 2.69 bits per heavy atom. The van der Waals surface area contributed by atoms with Gasteiger partial charge in [-0.3, -0.25) is 9.20 Å². The van der Waals surface area contributed by atoms with E-state index in [4.69, 9.17) is 9.47 Å². The molecule has 0 radical (unpaired) electrons. The molecule has 0 aliphatic rings. The molecule has 1 aromatic carbocycles. The molecule has 4 aromatic rings. The standard InChI is InChI=1S/C21H15F3N4O4/c1-31-16-11-28(15-6-4-5-13(9-15)21(22,23)24)26-19(16)20(30)32-12-14-10-18(29)27-8-3-2-7-17(27)25-14/h2-11H,12H2,1H3. The summed E-state index contributed by atoms with van der Waals surface area (Å²) in [4.78, 5) is 28.9. The molecule has 0 amide bonds. The van der Waals surface area contributed by atoms with Crippen molar-refractivity contribution in [2.75, 3.05) is 7.11 Å². The van der Waals surface area contributed by atoms with Crippen molar-refractivity contribution in [3.05, 3.63) is 88.2 Å². The molecule has 3 aromatic heterocycles. The second-order valence-electron chi connectivity index (χ2n) is 6.63. The van der Waals surface area contributed by atoms with E-state index in [2.05, 4.69) is 10.1 Å². The molecule has 8 nitrogen and oxygen atoms in total. The van der Waals surface area contributed by atoms with Crippen LogP contribution >= 0.6 is 0 Å². The van der Waals surface area contributed by atoms with Crippen LogP contribution in [0.3, 0.4) is 0 Å². The summed E-state index contributed by atoms with van der Waals surface area (Å²) < 4.78 is 51.7. The summed E-state index contributed by atoms with van der Waals surface area (Å²) in [5, 5.41) is 4.02. The number of hydrogen-bond acceptors (Lipinski definition) is 6. The molecule has 0 bridgehead atoms. The number of fused-ring (bicyclic) bond motifs is 1. The molecule has 4 rings (SSSR count). The summed E-state index contributed by atoms with van der Waals surface area (Å²) >= 11 is 0. The van der Waals surface area contributed by atoms with Crippen LogP contribution in [0.2, 0.25) is 0 Å². The lowest BCUT2D eigenvalue weighted by Gasteiger charge is -2.08. The van der Waals surface area contributed by atoms with Gasteiger partial charge in [-0.1, -0.05) is 12.1 Å². The minimum absolute atomic E-state index is 0.0129. The smallest absolute Gasteiger partial charge is 0.416 e. The van der Waals surface area contributed by atoms with E-state index in [9.17, 15) is 22.8 Å². The third kappa shape index (κ3) is 4.17. The molecule has 0 aliphatic heterocycles. The predicted molar refractivity (Wildman–Crippen MR) is 106 cm³/mol. The number of ether oxygens (including phenoxy) is 2. The second-order valence-corrected chi connectivity index (χ2v) is 6.63. The monoisotopic (exact) mass is 444 g/mol. The summed E-state index contributed by atoms with van der Waals surface area (Å²) in [6, 6.07) is 10.7. The molecule has 0 aliphatic carbocycles. The van der Waals surface area contributed by atoms with Gasteiger partial charge in [0.05, 0.1) is 30.3 Å². The molecule has 0 saturated carbocycles. The number of esters is 1. The molecular weight excluding hydrogens is 429 g/mol. The number of carbonyl (C=O) groups excluding carboxylic acids is 1. The molecule has 3 heterocycles. The van der Waals surface area contributed by atoms with Gasteiger partial charge in [-0.15, -0.1) is 0 Å². The number of pyridine rings is 1. The number of halogens is 3. The van der Waals surface area contributed by atoms with Gasteiger partial charge >= 0.3 is 12.1 Å². The van der Waals surface area contributed by atoms with Crippen LogP contribution < -0.4 is 10.3 Å². The Labute approximate surface area is 178 Å². The quantitative estimate of drug-likeness (QED) is 0.439. The highest BCUT2D eigenvalue weighted by atomic mass is 19.4. The first-order valence-electron chi connectivity index (χ1n) is 9.22. The van der Waals surface area contributed by atoms with Crippen LogP contribution in [0.25, 0.3) is 11.3 Å². The fourth-order valence-corrected chi connectivity index (χ4v) is 2.99. The van der Waals surface area contributed by atoms with Crippen molar-refractivity contribution in [3.8, 4) is 11.4 Å². The molecule has 11 heteroatoms. The molecule has 164 valence electrons. The van der Waals surface area contributed by atoms with E-state index < -0.39 is 17.7 Å². The maximum Gasteiger partial charge on any atom is 0.416 e. The number of alkyl halides is 3. The number of nitrogens with zero attached hydrogens (tertiary/aromatic N) is 4. The molecule has 0 N–H and O–H groups in total. The topological polar surface area (TPSA) is 87.7 Å². The highest BCUT2D eigenvalue weighted by Gasteiger charge is 2.31. The van der Waals surface area contributed by atoms with Gasteiger partial charge in [0.2, 0.25) is 5.69 Å². The Kier molecular flexibility index (Phi) is 5.39. The van der Waals surface area contributed by atoms with Gasteiger partial charge in [0.25, 0.3) is 5.56 Å². The Morgan fingerprint density at radius 1 is 1.12 bits per heavy atom. The van der Waals surface area contributed by atoms with E-state index in [0.717, 1.165) is 16.8 Å². The van der Waals surface area contributed by atoms with Crippen molar-refractivity contribution in [2.24, 2.45) is 0 Å². The van der Waals surface area contributed by atoms with Crippen LogP contribution in [-0.2, 0) is 17.5 Å². The van der Waals surface area contributed by atoms with E-state index in [0.29, 0.717) is 5.65 Å². The summed E-state index contributed by atoms with van der Waals surface area (Å²) in [6.45, 7) is -0.307. The minimum atomic E-state index is -4.53. The largest absolute Gasteiger partial charge is 0.493 e. The zero-order valence-corrected chi connectivity index (χ0v) is 16.5. The van der Waals surface area contributed by atoms with Gasteiger partial charge in [0.1, 0.15) is 12.3 Å². The SMILES string of the molecule is COc1cn(-c2cccc(C(F)(F)F)c2)nc1C(=O)OCc1cc(=O)n2ccccc2n1. The van der Waals surface area contributed by atoms with Crippen LogP contribution in [0, 0.1) is 0 Å². The van der Waals surface area contributed by atoms with E-state index in [1.54, 1.807) is 24.4 Å². The van der Waals surface area contributed by atoms with Crippen molar-refractivity contribution >= 4 is 11.6 Å². The third-order valence-corrected chi connectivity index (χ3v) is 4.51. The van der Waals surface area contributed by atoms with Crippen molar-refractivity contribution in [2.45, 2.75) is 12.8 Å². The predicted octanol–water partition coefficient (Wildman–Crippen LogP) is 3.26. The highest BCUT2D eigenvalue weighted by Crippen LogP contribution is 2.30. The van der Waals surface area contributed by atoms with Gasteiger partial charge in [-0.25, -0.2) is 14.5 Å². The third-order valence-electron chi connectivity index (χ3n) is 4.51. The average Bonchev–Trinajstić information content (AvgIpc) is 3.22. The van der Waals surface area contributed by atoms with Crippen molar-refractivity contribution < 1.29 is 27.4 Å². The minimum Gasteiger partial charge on any atom is -0.493 e. The van der Waals surface area contributed by atoms with Gasteiger partial charge in [-0.05, 0) is 30.3 Å². The molecule has 32 heavy (non-hydrogen) atoms. The molecule has 0 spiro atoms. The van der Waals surface area contributed by atoms with Crippen LogP contribution in [0.4, 0.5) is 13.2 Å². The van der Waals surface area contributed by atoms with E-state index in [1.807, 2.05) is 0 Å². The number of benzene rings is 1. The van der Waals surface area contributed by atoms with Gasteiger partial charge in [-0.2, -0.15) is 18.3 Å². The fraction of sp³-hybridized carbons (Fsp3) is 0.143. The lowest BCUT2D eigenvalue weighted by atomic mass is 10.2. The van der Waals surface area contributed by atoms with Crippen molar-refractivity contribution in [1.82, 2.24) is 19.2 Å². The summed E-state index contributed by atoms with van der Waals surface area (Å²) in [5.74, 6) is -0.874. The van der Waals surface area contributed by atoms with Crippen LogP contribution in [0.5, 0.6) is 5.75 Å². The Bertz CT molecular complexity index is 1360.